The van der Waals surface area contributed by atoms with E-state index in [0.717, 1.165) is 50.3 Å². The van der Waals surface area contributed by atoms with Gasteiger partial charge in [-0.25, -0.2) is 14.5 Å². The van der Waals surface area contributed by atoms with Crippen LogP contribution in [0.5, 0.6) is 0 Å². The Morgan fingerprint density at radius 1 is 1.08 bits per heavy atom. The lowest BCUT2D eigenvalue weighted by Gasteiger charge is -2.04. The summed E-state index contributed by atoms with van der Waals surface area (Å²) in [4.78, 5) is 12.2. The summed E-state index contributed by atoms with van der Waals surface area (Å²) in [7, 11) is 1.97. The van der Waals surface area contributed by atoms with E-state index in [0.29, 0.717) is 0 Å². The zero-order valence-corrected chi connectivity index (χ0v) is 14.7. The molecule has 7 heteroatoms. The monoisotopic (exact) mass is 343 g/mol. The predicted molar refractivity (Wildman–Crippen MR) is 99.8 cm³/mol. The maximum atomic E-state index is 4.62. The molecule has 128 valence electrons. The van der Waals surface area contributed by atoms with Gasteiger partial charge < -0.3 is 4.98 Å². The summed E-state index contributed by atoms with van der Waals surface area (Å²) in [5.74, 6) is 0. The number of aromatic nitrogens is 7. The third-order valence-electron chi connectivity index (χ3n) is 4.92. The van der Waals surface area contributed by atoms with Crippen LogP contribution in [0.2, 0.25) is 0 Å². The van der Waals surface area contributed by atoms with Crippen molar-refractivity contribution in [2.24, 2.45) is 7.05 Å². The fourth-order valence-electron chi connectivity index (χ4n) is 3.55. The minimum Gasteiger partial charge on any atom is -0.346 e. The van der Waals surface area contributed by atoms with Crippen LogP contribution < -0.4 is 0 Å². The molecule has 0 spiro atoms. The number of aryl methyl sites for hydroxylation is 2. The molecular weight excluding hydrogens is 326 g/mol. The van der Waals surface area contributed by atoms with Gasteiger partial charge in [0.1, 0.15) is 12.0 Å². The number of nitrogens with one attached hydrogen (secondary N) is 1. The van der Waals surface area contributed by atoms with Gasteiger partial charge >= 0.3 is 0 Å². The van der Waals surface area contributed by atoms with E-state index in [-0.39, 0.29) is 0 Å². The van der Waals surface area contributed by atoms with Crippen LogP contribution >= 0.6 is 0 Å². The second-order valence-electron chi connectivity index (χ2n) is 6.47. The Bertz CT molecular complexity index is 1270. The van der Waals surface area contributed by atoms with Crippen LogP contribution in [0.1, 0.15) is 11.4 Å². The molecule has 5 heterocycles. The molecule has 0 radical (unpaired) electrons. The fourth-order valence-corrected chi connectivity index (χ4v) is 3.55. The van der Waals surface area contributed by atoms with E-state index in [9.17, 15) is 0 Å². The van der Waals surface area contributed by atoms with Gasteiger partial charge in [0, 0.05) is 53.4 Å². The van der Waals surface area contributed by atoms with Crippen molar-refractivity contribution in [1.82, 2.24) is 34.3 Å². The second-order valence-corrected chi connectivity index (χ2v) is 6.47. The fraction of sp³-hybridized carbons (Fsp3) is 0.158. The summed E-state index contributed by atoms with van der Waals surface area (Å²) in [5, 5.41) is 9.76. The first kappa shape index (κ1) is 14.8. The zero-order chi connectivity index (χ0) is 17.8. The molecule has 5 aromatic rings. The van der Waals surface area contributed by atoms with E-state index < -0.39 is 0 Å². The Labute approximate surface area is 149 Å². The topological polar surface area (TPSA) is 76.7 Å². The minimum absolute atomic E-state index is 0.819. The van der Waals surface area contributed by atoms with E-state index in [2.05, 4.69) is 38.1 Å². The smallest absolute Gasteiger partial charge is 0.155 e. The lowest BCUT2D eigenvalue weighted by atomic mass is 10.0. The average Bonchev–Trinajstić information content (AvgIpc) is 3.32. The quantitative estimate of drug-likeness (QED) is 0.533. The molecule has 0 atom stereocenters. The molecule has 0 unspecified atom stereocenters. The molecule has 0 aliphatic rings. The van der Waals surface area contributed by atoms with Gasteiger partial charge in [0.2, 0.25) is 0 Å². The number of H-pyrrole nitrogens is 1. The molecule has 0 aliphatic heterocycles. The van der Waals surface area contributed by atoms with E-state index in [1.165, 1.54) is 0 Å². The van der Waals surface area contributed by atoms with E-state index in [1.807, 2.05) is 49.4 Å². The molecule has 5 aromatic heterocycles. The molecule has 1 N–H and O–H groups in total. The number of nitrogens with zero attached hydrogens (tertiary/aromatic N) is 6. The summed E-state index contributed by atoms with van der Waals surface area (Å²) in [6.07, 6.45) is 7.37. The van der Waals surface area contributed by atoms with Gasteiger partial charge in [-0.1, -0.05) is 0 Å². The number of hydrogen-bond acceptors (Lipinski definition) is 4. The molecule has 0 fully saturated rings. The lowest BCUT2D eigenvalue weighted by Crippen LogP contribution is -1.92. The van der Waals surface area contributed by atoms with Crippen molar-refractivity contribution < 1.29 is 0 Å². The largest absolute Gasteiger partial charge is 0.346 e. The Kier molecular flexibility index (Phi) is 3.00. The number of aromatic amines is 1. The van der Waals surface area contributed by atoms with Crippen molar-refractivity contribution in [1.29, 1.82) is 0 Å². The maximum absolute atomic E-state index is 4.62. The predicted octanol–water partition coefficient (Wildman–Crippen LogP) is 3.29. The first-order valence-corrected chi connectivity index (χ1v) is 8.39. The second kappa shape index (κ2) is 5.26. The Hall–Kier alpha value is -3.48. The summed E-state index contributed by atoms with van der Waals surface area (Å²) in [6, 6.07) is 6.25. The van der Waals surface area contributed by atoms with Crippen LogP contribution in [0.15, 0.2) is 43.1 Å². The van der Waals surface area contributed by atoms with Crippen molar-refractivity contribution >= 4 is 16.7 Å². The minimum atomic E-state index is 0.819. The van der Waals surface area contributed by atoms with Crippen molar-refractivity contribution in [2.75, 3.05) is 0 Å². The Morgan fingerprint density at radius 2 is 1.96 bits per heavy atom. The number of hydrogen-bond donors (Lipinski definition) is 1. The highest BCUT2D eigenvalue weighted by Crippen LogP contribution is 2.33. The van der Waals surface area contributed by atoms with Gasteiger partial charge in [0.05, 0.1) is 5.69 Å². The third kappa shape index (κ3) is 2.07. The summed E-state index contributed by atoms with van der Waals surface area (Å²) < 4.78 is 3.66. The molecule has 5 rings (SSSR count). The molecular formula is C19H17N7. The molecule has 0 amide bonds. The SMILES string of the molecule is Cc1nn(C)c(C)c1-c1cnc2[nH]cc(-c3ccn4ncnc4c3)c2c1. The Balaban J connectivity index is 1.72. The van der Waals surface area contributed by atoms with Gasteiger partial charge in [-0.15, -0.1) is 0 Å². The number of pyridine rings is 2. The number of rotatable bonds is 2. The summed E-state index contributed by atoms with van der Waals surface area (Å²) in [5.41, 5.74) is 8.21. The Morgan fingerprint density at radius 3 is 2.77 bits per heavy atom. The number of fused-ring (bicyclic) bond motifs is 2. The van der Waals surface area contributed by atoms with E-state index >= 15 is 0 Å². The highest BCUT2D eigenvalue weighted by atomic mass is 15.3. The zero-order valence-electron chi connectivity index (χ0n) is 14.7. The average molecular weight is 343 g/mol. The van der Waals surface area contributed by atoms with Crippen molar-refractivity contribution in [3.8, 4) is 22.3 Å². The molecule has 0 aromatic carbocycles. The van der Waals surface area contributed by atoms with Crippen LogP contribution in [0.25, 0.3) is 38.9 Å². The highest BCUT2D eigenvalue weighted by molar-refractivity contribution is 5.96. The summed E-state index contributed by atoms with van der Waals surface area (Å²) in [6.45, 7) is 4.11. The molecule has 0 aliphatic carbocycles. The van der Waals surface area contributed by atoms with Crippen molar-refractivity contribution in [3.63, 3.8) is 0 Å². The third-order valence-corrected chi connectivity index (χ3v) is 4.92. The van der Waals surface area contributed by atoms with Crippen molar-refractivity contribution in [3.05, 3.63) is 54.5 Å². The van der Waals surface area contributed by atoms with Crippen LogP contribution in [0.4, 0.5) is 0 Å². The first-order valence-electron chi connectivity index (χ1n) is 8.39. The molecule has 0 saturated carbocycles. The lowest BCUT2D eigenvalue weighted by molar-refractivity contribution is 0.731. The van der Waals surface area contributed by atoms with Gasteiger partial charge in [-0.3, -0.25) is 4.68 Å². The molecule has 7 nitrogen and oxygen atoms in total. The maximum Gasteiger partial charge on any atom is 0.155 e. The molecule has 26 heavy (non-hydrogen) atoms. The standard InChI is InChI=1S/C19H17N7/c1-11-18(12(2)25(3)24-11)14-6-15-16(9-21-19(15)20-8-14)13-4-5-26-17(7-13)22-10-23-26/h4-10H,1-3H3,(H,20,21). The first-order chi connectivity index (χ1) is 12.6. The normalized spacial score (nSPS) is 11.7. The van der Waals surface area contributed by atoms with Gasteiger partial charge in [0.25, 0.3) is 0 Å². The molecule has 0 saturated heterocycles. The van der Waals surface area contributed by atoms with Gasteiger partial charge in [-0.05, 0) is 37.6 Å². The van der Waals surface area contributed by atoms with Crippen LogP contribution in [0, 0.1) is 13.8 Å². The summed E-state index contributed by atoms with van der Waals surface area (Å²) >= 11 is 0. The van der Waals surface area contributed by atoms with E-state index in [4.69, 9.17) is 0 Å². The van der Waals surface area contributed by atoms with Gasteiger partial charge in [-0.2, -0.15) is 10.2 Å². The highest BCUT2D eigenvalue weighted by Gasteiger charge is 2.15. The molecule has 0 bridgehead atoms. The van der Waals surface area contributed by atoms with Crippen LogP contribution in [-0.2, 0) is 7.05 Å². The van der Waals surface area contributed by atoms with Gasteiger partial charge in [0.15, 0.2) is 5.65 Å². The van der Waals surface area contributed by atoms with Crippen molar-refractivity contribution in [2.45, 2.75) is 13.8 Å². The van der Waals surface area contributed by atoms with Crippen LogP contribution in [0.3, 0.4) is 0 Å². The van der Waals surface area contributed by atoms with E-state index in [1.54, 1.807) is 10.8 Å². The van der Waals surface area contributed by atoms with Crippen LogP contribution in [-0.4, -0.2) is 34.3 Å².